The molecule has 1 aliphatic carbocycles. The van der Waals surface area contributed by atoms with E-state index in [0.29, 0.717) is 0 Å². The van der Waals surface area contributed by atoms with E-state index in [2.05, 4.69) is 10.3 Å². The van der Waals surface area contributed by atoms with Gasteiger partial charge in [-0.15, -0.1) is 0 Å². The Morgan fingerprint density at radius 2 is 1.61 bits per heavy atom. The van der Waals surface area contributed by atoms with Gasteiger partial charge in [-0.05, 0) is 23.3 Å². The van der Waals surface area contributed by atoms with Crippen molar-refractivity contribution in [3.05, 3.63) is 71.8 Å². The van der Waals surface area contributed by atoms with E-state index in [-0.39, 0.29) is 35.0 Å². The van der Waals surface area contributed by atoms with Gasteiger partial charge in [-0.1, -0.05) is 67.6 Å². The summed E-state index contributed by atoms with van der Waals surface area (Å²) in [4.78, 5) is 30.9. The summed E-state index contributed by atoms with van der Waals surface area (Å²) in [5.41, 5.74) is 7.08. The molecule has 3 N–H and O–H groups in total. The summed E-state index contributed by atoms with van der Waals surface area (Å²) in [6, 6.07) is 19.2. The number of hydrogen-bond acceptors (Lipinski definition) is 4. The minimum absolute atomic E-state index is 0.0660. The first-order chi connectivity index (χ1) is 13.5. The summed E-state index contributed by atoms with van der Waals surface area (Å²) in [6.07, 6.45) is 0.227. The number of amides is 1. The molecule has 2 aromatic rings. The monoisotopic (exact) mass is 391 g/mol. The average Bonchev–Trinajstić information content (AvgIpc) is 2.69. The van der Waals surface area contributed by atoms with Gasteiger partial charge in [0, 0.05) is 24.2 Å². The summed E-state index contributed by atoms with van der Waals surface area (Å²) in [5.74, 6) is -1.23. The molecule has 1 fully saturated rings. The molecule has 0 aromatic heterocycles. The first-order valence-electron chi connectivity index (χ1n) is 9.29. The molecular formula is C22H21N3O2S. The Morgan fingerprint density at radius 3 is 2.18 bits per heavy atom. The van der Waals surface area contributed by atoms with Crippen molar-refractivity contribution >= 4 is 34.9 Å². The summed E-state index contributed by atoms with van der Waals surface area (Å²) >= 11 is 5.11. The number of nitrogens with zero attached hydrogens (tertiary/aromatic N) is 1. The van der Waals surface area contributed by atoms with Crippen LogP contribution in [0.2, 0.25) is 0 Å². The van der Waals surface area contributed by atoms with E-state index in [1.54, 1.807) is 0 Å². The predicted octanol–water partition coefficient (Wildman–Crippen LogP) is 2.92. The fraction of sp³-hybridized carbons (Fsp3) is 0.273. The lowest BCUT2D eigenvalue weighted by Gasteiger charge is -2.51. The lowest BCUT2D eigenvalue weighted by atomic mass is 9.51. The molecule has 1 amide bonds. The van der Waals surface area contributed by atoms with Crippen LogP contribution < -0.4 is 11.1 Å². The maximum Gasteiger partial charge on any atom is 0.241 e. The number of hydrogen-bond donors (Lipinski definition) is 2. The van der Waals surface area contributed by atoms with Gasteiger partial charge in [-0.2, -0.15) is 0 Å². The van der Waals surface area contributed by atoms with Crippen molar-refractivity contribution in [3.8, 4) is 0 Å². The highest BCUT2D eigenvalue weighted by Crippen LogP contribution is 2.57. The van der Waals surface area contributed by atoms with Crippen LogP contribution in [0, 0.1) is 11.3 Å². The van der Waals surface area contributed by atoms with Crippen LogP contribution in [0.1, 0.15) is 36.3 Å². The largest absolute Gasteiger partial charge is 0.386 e. The number of aliphatic imine (C=N–C) groups is 1. The second kappa shape index (κ2) is 6.95. The van der Waals surface area contributed by atoms with Crippen LogP contribution in [0.15, 0.2) is 65.7 Å². The van der Waals surface area contributed by atoms with E-state index in [1.807, 2.05) is 67.6 Å². The fourth-order valence-electron chi connectivity index (χ4n) is 4.81. The standard InChI is InChI=1S/C22H21N3O2S/c1-13-17(26)12-16(14-8-4-2-5-9-14)22(18(13)15-10-6-3-7-11-15)19(23)24-21(28)25-20(22)27/h2-11,13,16,18H,12H2,1H3,(H3,23,24,25,27,28)/t13-,16+,18-,22?/m0/s1. The average molecular weight is 391 g/mol. The number of ketones is 1. The number of rotatable bonds is 2. The maximum atomic E-state index is 13.5. The van der Waals surface area contributed by atoms with Gasteiger partial charge in [0.2, 0.25) is 11.0 Å². The van der Waals surface area contributed by atoms with Gasteiger partial charge in [0.25, 0.3) is 0 Å². The lowest BCUT2D eigenvalue weighted by Crippen LogP contribution is -2.64. The molecule has 142 valence electrons. The van der Waals surface area contributed by atoms with Crippen LogP contribution in [0.3, 0.4) is 0 Å². The van der Waals surface area contributed by atoms with E-state index in [4.69, 9.17) is 18.0 Å². The van der Waals surface area contributed by atoms with Gasteiger partial charge >= 0.3 is 0 Å². The predicted molar refractivity (Wildman–Crippen MR) is 112 cm³/mol. The minimum atomic E-state index is -1.18. The molecule has 28 heavy (non-hydrogen) atoms. The summed E-state index contributed by atoms with van der Waals surface area (Å²) in [5, 5.41) is 2.78. The van der Waals surface area contributed by atoms with Crippen molar-refractivity contribution in [3.63, 3.8) is 0 Å². The number of thiocarbonyl (C=S) groups is 1. The molecule has 0 radical (unpaired) electrons. The fourth-order valence-corrected chi connectivity index (χ4v) is 5.00. The zero-order chi connectivity index (χ0) is 19.9. The molecule has 5 nitrogen and oxygen atoms in total. The van der Waals surface area contributed by atoms with Crippen molar-refractivity contribution in [2.24, 2.45) is 22.1 Å². The first-order valence-corrected chi connectivity index (χ1v) is 9.69. The quantitative estimate of drug-likeness (QED) is 0.771. The molecule has 1 saturated carbocycles. The number of carbonyl (C=O) groups excluding carboxylic acids is 2. The molecule has 2 aliphatic rings. The Labute approximate surface area is 169 Å². The lowest BCUT2D eigenvalue weighted by molar-refractivity contribution is -0.136. The number of benzene rings is 2. The third-order valence-electron chi connectivity index (χ3n) is 6.06. The van der Waals surface area contributed by atoms with Crippen molar-refractivity contribution < 1.29 is 9.59 Å². The summed E-state index contributed by atoms with van der Waals surface area (Å²) < 4.78 is 0. The van der Waals surface area contributed by atoms with Gasteiger partial charge in [0.1, 0.15) is 17.0 Å². The first kappa shape index (κ1) is 18.5. The maximum absolute atomic E-state index is 13.5. The van der Waals surface area contributed by atoms with Gasteiger partial charge in [-0.3, -0.25) is 9.59 Å². The van der Waals surface area contributed by atoms with Gasteiger partial charge in [-0.25, -0.2) is 4.99 Å². The van der Waals surface area contributed by atoms with Crippen molar-refractivity contribution in [1.82, 2.24) is 5.32 Å². The number of nitrogens with two attached hydrogens (primary N) is 1. The van der Waals surface area contributed by atoms with Crippen LogP contribution in [0.4, 0.5) is 0 Å². The van der Waals surface area contributed by atoms with Crippen LogP contribution in [0.5, 0.6) is 0 Å². The molecule has 1 unspecified atom stereocenters. The highest BCUT2D eigenvalue weighted by Gasteiger charge is 2.62. The van der Waals surface area contributed by atoms with Crippen molar-refractivity contribution in [2.75, 3.05) is 0 Å². The van der Waals surface area contributed by atoms with Gasteiger partial charge < -0.3 is 11.1 Å². The number of Topliss-reactive ketones (excluding diaryl/α,β-unsaturated/α-hetero) is 1. The molecule has 2 aromatic carbocycles. The Hall–Kier alpha value is -2.86. The third-order valence-corrected chi connectivity index (χ3v) is 6.25. The molecule has 1 aliphatic heterocycles. The molecule has 6 heteroatoms. The van der Waals surface area contributed by atoms with E-state index in [9.17, 15) is 9.59 Å². The Bertz CT molecular complexity index is 974. The summed E-state index contributed by atoms with van der Waals surface area (Å²) in [6.45, 7) is 1.87. The molecule has 4 atom stereocenters. The molecule has 0 saturated heterocycles. The SMILES string of the molecule is C[C@H]1C(=O)C[C@H](c2ccccc2)C2(C(=O)NC(=S)N=C2N)[C@@H]1c1ccccc1. The smallest absolute Gasteiger partial charge is 0.241 e. The van der Waals surface area contributed by atoms with Crippen LogP contribution >= 0.6 is 12.2 Å². The number of nitrogens with one attached hydrogen (secondary N) is 1. The normalized spacial score (nSPS) is 30.1. The van der Waals surface area contributed by atoms with E-state index < -0.39 is 17.3 Å². The zero-order valence-electron chi connectivity index (χ0n) is 15.5. The minimum Gasteiger partial charge on any atom is -0.386 e. The molecular weight excluding hydrogens is 370 g/mol. The van der Waals surface area contributed by atoms with Crippen molar-refractivity contribution in [2.45, 2.75) is 25.2 Å². The van der Waals surface area contributed by atoms with Crippen molar-refractivity contribution in [1.29, 1.82) is 0 Å². The molecule has 4 rings (SSSR count). The number of amidine groups is 1. The van der Waals surface area contributed by atoms with Crippen LogP contribution in [-0.4, -0.2) is 22.6 Å². The Balaban J connectivity index is 2.02. The third kappa shape index (κ3) is 2.67. The van der Waals surface area contributed by atoms with Gasteiger partial charge in [0.15, 0.2) is 0 Å². The van der Waals surface area contributed by atoms with Crippen LogP contribution in [0.25, 0.3) is 0 Å². The van der Waals surface area contributed by atoms with Gasteiger partial charge in [0.05, 0.1) is 0 Å². The zero-order valence-corrected chi connectivity index (χ0v) is 16.3. The molecule has 0 bridgehead atoms. The second-order valence-corrected chi connectivity index (χ2v) is 7.82. The van der Waals surface area contributed by atoms with E-state index >= 15 is 0 Å². The summed E-state index contributed by atoms with van der Waals surface area (Å²) in [7, 11) is 0. The van der Waals surface area contributed by atoms with E-state index in [1.165, 1.54) is 0 Å². The van der Waals surface area contributed by atoms with Crippen LogP contribution in [-0.2, 0) is 9.59 Å². The molecule has 1 heterocycles. The number of carbonyl (C=O) groups is 2. The van der Waals surface area contributed by atoms with E-state index in [0.717, 1.165) is 11.1 Å². The highest BCUT2D eigenvalue weighted by molar-refractivity contribution is 7.80. The Kier molecular flexibility index (Phi) is 4.59. The second-order valence-electron chi connectivity index (χ2n) is 7.44. The topological polar surface area (TPSA) is 84.5 Å². The molecule has 1 spiro atoms. The highest BCUT2D eigenvalue weighted by atomic mass is 32.1. The Morgan fingerprint density at radius 1 is 1.04 bits per heavy atom.